The normalized spacial score (nSPS) is 9.71. The highest BCUT2D eigenvalue weighted by Crippen LogP contribution is 2.15. The summed E-state index contributed by atoms with van der Waals surface area (Å²) in [4.78, 5) is 23.2. The summed E-state index contributed by atoms with van der Waals surface area (Å²) in [6, 6.07) is 16.5. The fraction of sp³-hybridized carbons (Fsp3) is 0.0588. The predicted molar refractivity (Wildman–Crippen MR) is 84.0 cm³/mol. The van der Waals surface area contributed by atoms with E-state index in [0.717, 1.165) is 5.56 Å². The van der Waals surface area contributed by atoms with E-state index in [0.29, 0.717) is 17.8 Å². The van der Waals surface area contributed by atoms with Gasteiger partial charge in [-0.3, -0.25) is 9.59 Å². The largest absolute Gasteiger partial charge is 0.326 e. The number of hydrogen-bond donors (Lipinski definition) is 2. The van der Waals surface area contributed by atoms with Crippen LogP contribution in [0.25, 0.3) is 0 Å². The lowest BCUT2D eigenvalue weighted by Gasteiger charge is -2.08. The van der Waals surface area contributed by atoms with Gasteiger partial charge in [-0.05, 0) is 29.8 Å². The topological polar surface area (TPSA) is 58.2 Å². The van der Waals surface area contributed by atoms with Crippen molar-refractivity contribution in [2.24, 2.45) is 0 Å². The maximum absolute atomic E-state index is 12.0. The van der Waals surface area contributed by atoms with Gasteiger partial charge in [0.2, 0.25) is 11.8 Å². The summed E-state index contributed by atoms with van der Waals surface area (Å²) in [6.07, 6.45) is 1.50. The molecule has 0 heterocycles. The van der Waals surface area contributed by atoms with Gasteiger partial charge in [-0.1, -0.05) is 43.0 Å². The van der Waals surface area contributed by atoms with Crippen molar-refractivity contribution < 1.29 is 9.59 Å². The first-order valence-corrected chi connectivity index (χ1v) is 6.54. The second-order valence-corrected chi connectivity index (χ2v) is 4.48. The molecule has 0 aliphatic carbocycles. The molecular formula is C17H16N2O2. The summed E-state index contributed by atoms with van der Waals surface area (Å²) >= 11 is 0. The van der Waals surface area contributed by atoms with Gasteiger partial charge in [-0.2, -0.15) is 0 Å². The van der Waals surface area contributed by atoms with Gasteiger partial charge in [0, 0.05) is 11.4 Å². The first-order valence-electron chi connectivity index (χ1n) is 6.54. The summed E-state index contributed by atoms with van der Waals surface area (Å²) in [7, 11) is 0. The summed E-state index contributed by atoms with van der Waals surface area (Å²) in [6.45, 7) is 3.39. The molecule has 0 fully saturated rings. The lowest BCUT2D eigenvalue weighted by atomic mass is 10.1. The number of rotatable bonds is 5. The lowest BCUT2D eigenvalue weighted by Crippen LogP contribution is -2.14. The van der Waals surface area contributed by atoms with E-state index < -0.39 is 0 Å². The summed E-state index contributed by atoms with van der Waals surface area (Å²) in [5, 5.41) is 5.45. The molecule has 0 saturated carbocycles. The Labute approximate surface area is 123 Å². The molecule has 2 aromatic carbocycles. The molecule has 0 radical (unpaired) electrons. The summed E-state index contributed by atoms with van der Waals surface area (Å²) in [5.41, 5.74) is 2.20. The standard InChI is InChI=1S/C17H16N2O2/c1-2-16(20)18-14-9-6-10-15(12-14)19-17(21)11-13-7-4-3-5-8-13/h2-10,12H,1,11H2,(H,18,20)(H,19,21). The van der Waals surface area contributed by atoms with Crippen molar-refractivity contribution >= 4 is 23.2 Å². The van der Waals surface area contributed by atoms with E-state index in [-0.39, 0.29) is 11.8 Å². The van der Waals surface area contributed by atoms with E-state index in [1.165, 1.54) is 6.08 Å². The van der Waals surface area contributed by atoms with Gasteiger partial charge < -0.3 is 10.6 Å². The van der Waals surface area contributed by atoms with Gasteiger partial charge >= 0.3 is 0 Å². The average molecular weight is 280 g/mol. The molecule has 0 unspecified atom stereocenters. The van der Waals surface area contributed by atoms with Crippen molar-refractivity contribution in [2.75, 3.05) is 10.6 Å². The fourth-order valence-electron chi connectivity index (χ4n) is 1.85. The zero-order chi connectivity index (χ0) is 15.1. The Morgan fingerprint density at radius 1 is 0.952 bits per heavy atom. The predicted octanol–water partition coefficient (Wildman–Crippen LogP) is 2.99. The summed E-state index contributed by atoms with van der Waals surface area (Å²) in [5.74, 6) is -0.392. The van der Waals surface area contributed by atoms with Crippen LogP contribution in [0.4, 0.5) is 11.4 Å². The van der Waals surface area contributed by atoms with E-state index in [2.05, 4.69) is 17.2 Å². The van der Waals surface area contributed by atoms with Crippen LogP contribution in [-0.4, -0.2) is 11.8 Å². The molecule has 0 bridgehead atoms. The monoisotopic (exact) mass is 280 g/mol. The minimum absolute atomic E-state index is 0.103. The van der Waals surface area contributed by atoms with E-state index in [1.54, 1.807) is 24.3 Å². The third kappa shape index (κ3) is 4.62. The third-order valence-electron chi connectivity index (χ3n) is 2.81. The highest BCUT2D eigenvalue weighted by molar-refractivity contribution is 5.99. The molecule has 2 N–H and O–H groups in total. The third-order valence-corrected chi connectivity index (χ3v) is 2.81. The Morgan fingerprint density at radius 3 is 2.29 bits per heavy atom. The Bertz CT molecular complexity index is 651. The van der Waals surface area contributed by atoms with Crippen LogP contribution in [0.3, 0.4) is 0 Å². The maximum Gasteiger partial charge on any atom is 0.247 e. The average Bonchev–Trinajstić information content (AvgIpc) is 2.48. The van der Waals surface area contributed by atoms with Crippen LogP contribution in [-0.2, 0) is 16.0 Å². The van der Waals surface area contributed by atoms with Crippen LogP contribution in [0.1, 0.15) is 5.56 Å². The Hall–Kier alpha value is -2.88. The lowest BCUT2D eigenvalue weighted by molar-refractivity contribution is -0.115. The van der Waals surface area contributed by atoms with Gasteiger partial charge in [0.1, 0.15) is 0 Å². The molecule has 0 aliphatic heterocycles. The van der Waals surface area contributed by atoms with Crippen molar-refractivity contribution in [1.29, 1.82) is 0 Å². The van der Waals surface area contributed by atoms with Crippen LogP contribution in [0.2, 0.25) is 0 Å². The quantitative estimate of drug-likeness (QED) is 0.827. The highest BCUT2D eigenvalue weighted by atomic mass is 16.2. The molecule has 0 aromatic heterocycles. The van der Waals surface area contributed by atoms with E-state index in [1.807, 2.05) is 30.3 Å². The maximum atomic E-state index is 12.0. The molecule has 2 aromatic rings. The van der Waals surface area contributed by atoms with Crippen molar-refractivity contribution in [1.82, 2.24) is 0 Å². The van der Waals surface area contributed by atoms with Crippen LogP contribution in [0.5, 0.6) is 0 Å². The molecule has 2 rings (SSSR count). The summed E-state index contributed by atoms with van der Waals surface area (Å²) < 4.78 is 0. The SMILES string of the molecule is C=CC(=O)Nc1cccc(NC(=O)Cc2ccccc2)c1. The van der Waals surface area contributed by atoms with E-state index in [4.69, 9.17) is 0 Å². The Kier molecular flexibility index (Phi) is 4.88. The van der Waals surface area contributed by atoms with Gasteiger partial charge in [-0.15, -0.1) is 0 Å². The number of benzene rings is 2. The number of carbonyl (C=O) groups is 2. The molecule has 4 heteroatoms. The number of anilines is 2. The second-order valence-electron chi connectivity index (χ2n) is 4.48. The van der Waals surface area contributed by atoms with Crippen LogP contribution >= 0.6 is 0 Å². The van der Waals surface area contributed by atoms with Gasteiger partial charge in [-0.25, -0.2) is 0 Å². The molecule has 106 valence electrons. The zero-order valence-electron chi connectivity index (χ0n) is 11.5. The fourth-order valence-corrected chi connectivity index (χ4v) is 1.85. The first-order chi connectivity index (χ1) is 10.2. The van der Waals surface area contributed by atoms with E-state index >= 15 is 0 Å². The van der Waals surface area contributed by atoms with Crippen LogP contribution in [0.15, 0.2) is 67.3 Å². The zero-order valence-corrected chi connectivity index (χ0v) is 11.5. The molecule has 0 saturated heterocycles. The van der Waals surface area contributed by atoms with Gasteiger partial charge in [0.05, 0.1) is 6.42 Å². The molecular weight excluding hydrogens is 264 g/mol. The van der Waals surface area contributed by atoms with Crippen LogP contribution in [0, 0.1) is 0 Å². The smallest absolute Gasteiger partial charge is 0.247 e. The Balaban J connectivity index is 1.99. The number of amides is 2. The Morgan fingerprint density at radius 2 is 1.62 bits per heavy atom. The van der Waals surface area contributed by atoms with Crippen molar-refractivity contribution in [3.05, 3.63) is 72.8 Å². The molecule has 0 aliphatic rings. The van der Waals surface area contributed by atoms with Crippen molar-refractivity contribution in [3.63, 3.8) is 0 Å². The second kappa shape index (κ2) is 7.05. The molecule has 4 nitrogen and oxygen atoms in total. The number of nitrogens with one attached hydrogen (secondary N) is 2. The molecule has 21 heavy (non-hydrogen) atoms. The van der Waals surface area contributed by atoms with Gasteiger partial charge in [0.15, 0.2) is 0 Å². The van der Waals surface area contributed by atoms with Crippen molar-refractivity contribution in [3.8, 4) is 0 Å². The van der Waals surface area contributed by atoms with Crippen LogP contribution < -0.4 is 10.6 Å². The first kappa shape index (κ1) is 14.5. The highest BCUT2D eigenvalue weighted by Gasteiger charge is 2.05. The van der Waals surface area contributed by atoms with E-state index in [9.17, 15) is 9.59 Å². The molecule has 0 spiro atoms. The minimum atomic E-state index is -0.289. The number of carbonyl (C=O) groups excluding carboxylic acids is 2. The van der Waals surface area contributed by atoms with Crippen molar-refractivity contribution in [2.45, 2.75) is 6.42 Å². The van der Waals surface area contributed by atoms with Gasteiger partial charge in [0.25, 0.3) is 0 Å². The molecule has 0 atom stereocenters. The minimum Gasteiger partial charge on any atom is -0.326 e. The molecule has 2 amide bonds. The number of hydrogen-bond acceptors (Lipinski definition) is 2.